The summed E-state index contributed by atoms with van der Waals surface area (Å²) in [4.78, 5) is 0. The van der Waals surface area contributed by atoms with E-state index in [2.05, 4.69) is 109 Å². The number of benzene rings is 4. The van der Waals surface area contributed by atoms with Crippen LogP contribution in [0, 0.1) is 0 Å². The first-order valence-electron chi connectivity index (χ1n) is 11.7. The van der Waals surface area contributed by atoms with E-state index in [1.165, 1.54) is 25.6 Å². The molecular formula is C33H23OSe+. The Morgan fingerprint density at radius 2 is 1.34 bits per heavy atom. The molecule has 1 aliphatic heterocycles. The molecule has 0 amide bonds. The summed E-state index contributed by atoms with van der Waals surface area (Å²) in [5.41, 5.74) is 6.98. The van der Waals surface area contributed by atoms with Crippen molar-refractivity contribution in [2.75, 3.05) is 0 Å². The van der Waals surface area contributed by atoms with Gasteiger partial charge in [-0.15, -0.1) is 0 Å². The molecule has 4 aromatic carbocycles. The molecule has 0 saturated heterocycles. The Balaban J connectivity index is 1.43. The van der Waals surface area contributed by atoms with Gasteiger partial charge in [-0.2, -0.15) is 0 Å². The fourth-order valence-corrected chi connectivity index (χ4v) is 6.69. The van der Waals surface area contributed by atoms with Crippen LogP contribution in [0.1, 0.15) is 16.7 Å². The van der Waals surface area contributed by atoms with E-state index in [0.717, 1.165) is 27.9 Å². The van der Waals surface area contributed by atoms with Crippen LogP contribution in [0.25, 0.3) is 38.4 Å². The zero-order valence-electron chi connectivity index (χ0n) is 19.1. The van der Waals surface area contributed by atoms with Crippen LogP contribution in [0.2, 0.25) is 0 Å². The van der Waals surface area contributed by atoms with E-state index in [-0.39, 0.29) is 0 Å². The Hall–Kier alpha value is -3.97. The second kappa shape index (κ2) is 9.72. The molecule has 0 radical (unpaired) electrons. The molecule has 0 fully saturated rings. The molecule has 0 spiro atoms. The first-order chi connectivity index (χ1) is 17.3. The van der Waals surface area contributed by atoms with Crippen LogP contribution in [-0.4, -0.2) is 15.0 Å². The van der Waals surface area contributed by atoms with Gasteiger partial charge in [0, 0.05) is 0 Å². The van der Waals surface area contributed by atoms with Crippen molar-refractivity contribution in [2.24, 2.45) is 0 Å². The first kappa shape index (κ1) is 21.6. The van der Waals surface area contributed by atoms with Gasteiger partial charge in [-0.05, 0) is 0 Å². The summed E-state index contributed by atoms with van der Waals surface area (Å²) < 4.78 is 9.07. The third-order valence-electron chi connectivity index (χ3n) is 6.08. The zero-order valence-corrected chi connectivity index (χ0v) is 20.8. The molecule has 35 heavy (non-hydrogen) atoms. The predicted molar refractivity (Wildman–Crippen MR) is 149 cm³/mol. The molecule has 1 aromatic heterocycles. The van der Waals surface area contributed by atoms with Gasteiger partial charge in [-0.1, -0.05) is 6.07 Å². The Kier molecular flexibility index (Phi) is 5.99. The van der Waals surface area contributed by atoms with Gasteiger partial charge < -0.3 is 0 Å². The number of hydrogen-bond acceptors (Lipinski definition) is 0. The van der Waals surface area contributed by atoms with E-state index >= 15 is 0 Å². The van der Waals surface area contributed by atoms with Crippen molar-refractivity contribution < 1.29 is 4.42 Å². The fraction of sp³-hybridized carbons (Fsp3) is 0. The molecule has 2 heterocycles. The maximum absolute atomic E-state index is 6.24. The first-order valence-corrected chi connectivity index (χ1v) is 13.4. The molecule has 0 unspecified atom stereocenters. The number of rotatable bonds is 4. The minimum atomic E-state index is 0.292. The summed E-state index contributed by atoms with van der Waals surface area (Å²) in [6.45, 7) is 0. The SMILES string of the molecule is C1=C(c2ccccc2)[Se]c2ccccc2/C1=C\C=C/c1cc(-c2ccccc2)[o+]c2ccccc12. The van der Waals surface area contributed by atoms with Gasteiger partial charge in [0.05, 0.1) is 0 Å². The van der Waals surface area contributed by atoms with Gasteiger partial charge in [-0.25, -0.2) is 0 Å². The molecule has 1 nitrogen and oxygen atoms in total. The molecule has 166 valence electrons. The third kappa shape index (κ3) is 4.55. The standard InChI is InChI=1S/C33H23OSe/c1-3-12-24(13-4-1)31-22-26(28-18-7-9-20-30(28)34-31)16-11-17-27-23-33(25-14-5-2-6-15-25)35-32-21-10-8-19-29(27)32/h1-23H/q+1/b16-11-,27-17-. The molecule has 6 rings (SSSR count). The number of fused-ring (bicyclic) bond motifs is 2. The van der Waals surface area contributed by atoms with Gasteiger partial charge in [0.15, 0.2) is 0 Å². The van der Waals surface area contributed by atoms with Crippen LogP contribution in [0.3, 0.4) is 0 Å². The monoisotopic (exact) mass is 515 g/mol. The van der Waals surface area contributed by atoms with Crippen molar-refractivity contribution in [1.82, 2.24) is 0 Å². The van der Waals surface area contributed by atoms with Crippen LogP contribution < -0.4 is 4.46 Å². The molecule has 5 aromatic rings. The van der Waals surface area contributed by atoms with Crippen LogP contribution in [0.15, 0.2) is 138 Å². The second-order valence-corrected chi connectivity index (χ2v) is 10.7. The van der Waals surface area contributed by atoms with E-state index < -0.39 is 0 Å². The second-order valence-electron chi connectivity index (χ2n) is 8.38. The Morgan fingerprint density at radius 1 is 0.657 bits per heavy atom. The molecule has 0 N–H and O–H groups in total. The van der Waals surface area contributed by atoms with Crippen LogP contribution >= 0.6 is 0 Å². The molecule has 0 aliphatic carbocycles. The van der Waals surface area contributed by atoms with Crippen molar-refractivity contribution in [2.45, 2.75) is 0 Å². The fourth-order valence-electron chi connectivity index (χ4n) is 4.34. The van der Waals surface area contributed by atoms with Crippen molar-refractivity contribution in [1.29, 1.82) is 0 Å². The molecule has 0 saturated carbocycles. The summed E-state index contributed by atoms with van der Waals surface area (Å²) in [5, 5.41) is 1.11. The molecular weight excluding hydrogens is 491 g/mol. The molecule has 2 heteroatoms. The summed E-state index contributed by atoms with van der Waals surface area (Å²) in [7, 11) is 0. The van der Waals surface area contributed by atoms with E-state index in [1.54, 1.807) is 0 Å². The van der Waals surface area contributed by atoms with Gasteiger partial charge >= 0.3 is 206 Å². The zero-order chi connectivity index (χ0) is 23.5. The number of para-hydroxylation sites is 1. The summed E-state index contributed by atoms with van der Waals surface area (Å²) in [6, 6.07) is 40.1. The van der Waals surface area contributed by atoms with Gasteiger partial charge in [0.2, 0.25) is 0 Å². The average Bonchev–Trinajstić information content (AvgIpc) is 2.93. The molecule has 0 bridgehead atoms. The van der Waals surface area contributed by atoms with Crippen molar-refractivity contribution in [3.63, 3.8) is 0 Å². The van der Waals surface area contributed by atoms with E-state index in [9.17, 15) is 0 Å². The van der Waals surface area contributed by atoms with Gasteiger partial charge in [-0.3, -0.25) is 0 Å². The van der Waals surface area contributed by atoms with Crippen molar-refractivity contribution >= 4 is 46.5 Å². The molecule has 0 atom stereocenters. The Bertz CT molecular complexity index is 1590. The van der Waals surface area contributed by atoms with Crippen LogP contribution in [0.4, 0.5) is 0 Å². The number of allylic oxidation sites excluding steroid dienone is 4. The molecule has 1 aliphatic rings. The van der Waals surface area contributed by atoms with E-state index in [4.69, 9.17) is 4.42 Å². The normalized spacial score (nSPS) is 14.3. The Morgan fingerprint density at radius 3 is 2.17 bits per heavy atom. The third-order valence-corrected chi connectivity index (χ3v) is 8.49. The van der Waals surface area contributed by atoms with Crippen molar-refractivity contribution in [3.8, 4) is 11.3 Å². The topological polar surface area (TPSA) is 11.3 Å². The summed E-state index contributed by atoms with van der Waals surface area (Å²) >= 11 is 0.292. The van der Waals surface area contributed by atoms with Crippen LogP contribution in [-0.2, 0) is 0 Å². The predicted octanol–water partition coefficient (Wildman–Crippen LogP) is 7.86. The maximum atomic E-state index is 6.24. The summed E-state index contributed by atoms with van der Waals surface area (Å²) in [5.74, 6) is 0.869. The number of hydrogen-bond donors (Lipinski definition) is 0. The Labute approximate surface area is 211 Å². The van der Waals surface area contributed by atoms with Gasteiger partial charge in [0.1, 0.15) is 0 Å². The van der Waals surface area contributed by atoms with Crippen LogP contribution in [0.5, 0.6) is 0 Å². The van der Waals surface area contributed by atoms with Crippen molar-refractivity contribution in [3.05, 3.63) is 150 Å². The summed E-state index contributed by atoms with van der Waals surface area (Å²) in [6.07, 6.45) is 8.95. The van der Waals surface area contributed by atoms with E-state index in [1.807, 2.05) is 30.3 Å². The quantitative estimate of drug-likeness (QED) is 0.176. The minimum absolute atomic E-state index is 0.292. The van der Waals surface area contributed by atoms with Gasteiger partial charge in [0.25, 0.3) is 0 Å². The average molecular weight is 515 g/mol. The van der Waals surface area contributed by atoms with E-state index in [0.29, 0.717) is 15.0 Å².